The van der Waals surface area contributed by atoms with E-state index < -0.39 is 5.97 Å². The number of nitrogens with zero attached hydrogens (tertiary/aromatic N) is 5. The molecule has 0 saturated carbocycles. The fourth-order valence-corrected chi connectivity index (χ4v) is 5.35. The Labute approximate surface area is 250 Å². The summed E-state index contributed by atoms with van der Waals surface area (Å²) in [6.45, 7) is 7.62. The maximum atomic E-state index is 13.0. The number of aliphatic hydroxyl groups excluding tert-OH is 2. The zero-order chi connectivity index (χ0) is 30.1. The second-order valence-electron chi connectivity index (χ2n) is 11.9. The van der Waals surface area contributed by atoms with Crippen molar-refractivity contribution in [3.63, 3.8) is 0 Å². The minimum Gasteiger partial charge on any atom is -0.480 e. The van der Waals surface area contributed by atoms with Crippen molar-refractivity contribution in [2.75, 3.05) is 92.5 Å². The summed E-state index contributed by atoms with van der Waals surface area (Å²) in [5, 5.41) is 28.8. The second kappa shape index (κ2) is 25.2. The summed E-state index contributed by atoms with van der Waals surface area (Å²) in [6.07, 6.45) is 18.4. The molecule has 10 heteroatoms. The van der Waals surface area contributed by atoms with Gasteiger partial charge in [0.05, 0.1) is 26.6 Å². The molecule has 1 rings (SSSR count). The third-order valence-electron chi connectivity index (χ3n) is 8.32. The normalized spacial score (nSPS) is 17.3. The number of carbonyl (C=O) groups is 2. The Morgan fingerprint density at radius 2 is 0.902 bits per heavy atom. The van der Waals surface area contributed by atoms with E-state index in [1.165, 1.54) is 77.0 Å². The highest BCUT2D eigenvalue weighted by molar-refractivity contribution is 5.78. The van der Waals surface area contributed by atoms with Gasteiger partial charge in [-0.15, -0.1) is 0 Å². The number of carboxylic acids is 1. The average Bonchev–Trinajstić information content (AvgIpc) is 2.95. The lowest BCUT2D eigenvalue weighted by Gasteiger charge is -2.33. The number of hydrogen-bond donors (Lipinski definition) is 3. The molecule has 0 aliphatic carbocycles. The van der Waals surface area contributed by atoms with E-state index in [9.17, 15) is 24.9 Å². The van der Waals surface area contributed by atoms with Crippen molar-refractivity contribution in [3.05, 3.63) is 0 Å². The number of carboxylic acid groups (broad SMARTS) is 1. The number of carbonyl (C=O) groups excluding carboxylic acids is 1. The minimum absolute atomic E-state index is 0.0666. The number of amides is 1. The van der Waals surface area contributed by atoms with Crippen LogP contribution < -0.4 is 0 Å². The van der Waals surface area contributed by atoms with E-state index in [-0.39, 0.29) is 32.5 Å². The quantitative estimate of drug-likeness (QED) is 0.175. The molecule has 0 unspecified atom stereocenters. The number of hydrogen-bond acceptors (Lipinski definition) is 8. The third-order valence-corrected chi connectivity index (χ3v) is 8.32. The van der Waals surface area contributed by atoms with Gasteiger partial charge < -0.3 is 20.2 Å². The predicted molar refractivity (Wildman–Crippen MR) is 166 cm³/mol. The highest BCUT2D eigenvalue weighted by atomic mass is 16.4. The van der Waals surface area contributed by atoms with Crippen molar-refractivity contribution >= 4 is 11.9 Å². The van der Waals surface area contributed by atoms with Gasteiger partial charge in [0.15, 0.2) is 0 Å². The van der Waals surface area contributed by atoms with Crippen LogP contribution in [-0.4, -0.2) is 144 Å². The maximum absolute atomic E-state index is 13.0. The molecule has 1 amide bonds. The van der Waals surface area contributed by atoms with Gasteiger partial charge in [-0.3, -0.25) is 29.2 Å². The number of aliphatic hydroxyl groups is 2. The molecule has 41 heavy (non-hydrogen) atoms. The number of likely N-dealkylation sites (N-methyl/N-ethyl adjacent to an activating group) is 1. The van der Waals surface area contributed by atoms with E-state index in [2.05, 4.69) is 11.8 Å². The van der Waals surface area contributed by atoms with Crippen molar-refractivity contribution in [3.8, 4) is 0 Å². The summed E-state index contributed by atoms with van der Waals surface area (Å²) >= 11 is 0. The van der Waals surface area contributed by atoms with Crippen LogP contribution in [0.25, 0.3) is 0 Å². The average molecular weight is 586 g/mol. The topological polar surface area (TPSA) is 111 Å². The Hall–Kier alpha value is -1.30. The van der Waals surface area contributed by atoms with Crippen LogP contribution >= 0.6 is 0 Å². The standard InChI is InChI=1S/C31H63N5O5/c1-3-4-5-6-7-8-9-10-11-12-13-14-15-16-17-32(2)30(39)26-33-18-19-34(27-31(40)41)21-23-36(29-38)25-24-35(28-37)22-20-33/h37-38H,3-29H2,1-2H3,(H,40,41). The molecule has 1 heterocycles. The molecule has 0 atom stereocenters. The van der Waals surface area contributed by atoms with Gasteiger partial charge in [-0.2, -0.15) is 0 Å². The van der Waals surface area contributed by atoms with Gasteiger partial charge in [0, 0.05) is 66.0 Å². The smallest absolute Gasteiger partial charge is 0.317 e. The molecule has 0 spiro atoms. The van der Waals surface area contributed by atoms with E-state index in [0.717, 1.165) is 19.4 Å². The first-order valence-electron chi connectivity index (χ1n) is 16.5. The Morgan fingerprint density at radius 1 is 0.561 bits per heavy atom. The Morgan fingerprint density at radius 3 is 1.27 bits per heavy atom. The highest BCUT2D eigenvalue weighted by Crippen LogP contribution is 2.13. The van der Waals surface area contributed by atoms with E-state index in [0.29, 0.717) is 52.4 Å². The van der Waals surface area contributed by atoms with Gasteiger partial charge in [-0.05, 0) is 6.42 Å². The summed E-state index contributed by atoms with van der Waals surface area (Å²) < 4.78 is 0. The molecule has 10 nitrogen and oxygen atoms in total. The van der Waals surface area contributed by atoms with Crippen LogP contribution in [0.4, 0.5) is 0 Å². The molecule has 0 radical (unpaired) electrons. The van der Waals surface area contributed by atoms with Crippen molar-refractivity contribution < 1.29 is 24.9 Å². The molecular weight excluding hydrogens is 522 g/mol. The second-order valence-corrected chi connectivity index (χ2v) is 11.9. The van der Waals surface area contributed by atoms with Gasteiger partial charge in [0.1, 0.15) is 0 Å². The molecule has 0 aromatic rings. The van der Waals surface area contributed by atoms with E-state index in [4.69, 9.17) is 0 Å². The number of aliphatic carboxylic acids is 1. The van der Waals surface area contributed by atoms with Gasteiger partial charge >= 0.3 is 5.97 Å². The largest absolute Gasteiger partial charge is 0.480 e. The molecule has 242 valence electrons. The lowest BCUT2D eigenvalue weighted by atomic mass is 10.0. The zero-order valence-corrected chi connectivity index (χ0v) is 26.5. The molecule has 0 aromatic carbocycles. The first-order valence-corrected chi connectivity index (χ1v) is 16.5. The van der Waals surface area contributed by atoms with Crippen LogP contribution in [0.15, 0.2) is 0 Å². The molecule has 0 bridgehead atoms. The monoisotopic (exact) mass is 585 g/mol. The van der Waals surface area contributed by atoms with Crippen LogP contribution in [0.3, 0.4) is 0 Å². The Bertz CT molecular complexity index is 656. The Balaban J connectivity index is 2.34. The molecule has 1 fully saturated rings. The van der Waals surface area contributed by atoms with Crippen molar-refractivity contribution in [2.24, 2.45) is 0 Å². The SMILES string of the molecule is CCCCCCCCCCCCCCCCN(C)C(=O)CN1CCN(CO)CCN(CO)CCN(CC(=O)O)CC1. The molecule has 1 aliphatic rings. The zero-order valence-electron chi connectivity index (χ0n) is 26.5. The lowest BCUT2D eigenvalue weighted by molar-refractivity contribution is -0.138. The summed E-state index contributed by atoms with van der Waals surface area (Å²) in [6, 6.07) is 0. The molecule has 1 aliphatic heterocycles. The van der Waals surface area contributed by atoms with Crippen LogP contribution in [0, 0.1) is 0 Å². The summed E-state index contributed by atoms with van der Waals surface area (Å²) in [7, 11) is 1.88. The van der Waals surface area contributed by atoms with Crippen LogP contribution in [0.1, 0.15) is 96.8 Å². The van der Waals surface area contributed by atoms with Crippen molar-refractivity contribution in [2.45, 2.75) is 96.8 Å². The Kier molecular flexibility index (Phi) is 23.2. The van der Waals surface area contributed by atoms with Crippen LogP contribution in [0.2, 0.25) is 0 Å². The van der Waals surface area contributed by atoms with E-state index >= 15 is 0 Å². The summed E-state index contributed by atoms with van der Waals surface area (Å²) in [5.74, 6) is -0.798. The number of unbranched alkanes of at least 4 members (excludes halogenated alkanes) is 13. The molecule has 0 aromatic heterocycles. The van der Waals surface area contributed by atoms with Crippen molar-refractivity contribution in [1.82, 2.24) is 24.5 Å². The van der Waals surface area contributed by atoms with Crippen LogP contribution in [-0.2, 0) is 9.59 Å². The van der Waals surface area contributed by atoms with E-state index in [1.54, 1.807) is 0 Å². The van der Waals surface area contributed by atoms with Gasteiger partial charge in [0.2, 0.25) is 5.91 Å². The maximum Gasteiger partial charge on any atom is 0.317 e. The fraction of sp³-hybridized carbons (Fsp3) is 0.935. The summed E-state index contributed by atoms with van der Waals surface area (Å²) in [4.78, 5) is 33.9. The molecule has 3 N–H and O–H groups in total. The molecular formula is C31H63N5O5. The number of rotatable bonds is 21. The minimum atomic E-state index is -0.880. The predicted octanol–water partition coefficient (Wildman–Crippen LogP) is 3.13. The van der Waals surface area contributed by atoms with Gasteiger partial charge in [0.25, 0.3) is 0 Å². The highest BCUT2D eigenvalue weighted by Gasteiger charge is 2.20. The van der Waals surface area contributed by atoms with Crippen molar-refractivity contribution in [1.29, 1.82) is 0 Å². The van der Waals surface area contributed by atoms with Gasteiger partial charge in [-0.25, -0.2) is 0 Å². The first kappa shape index (κ1) is 37.7. The third kappa shape index (κ3) is 20.3. The summed E-state index contributed by atoms with van der Waals surface area (Å²) in [5.41, 5.74) is 0. The molecule has 1 saturated heterocycles. The van der Waals surface area contributed by atoms with Crippen LogP contribution in [0.5, 0.6) is 0 Å². The van der Waals surface area contributed by atoms with Gasteiger partial charge in [-0.1, -0.05) is 90.4 Å². The fourth-order valence-electron chi connectivity index (χ4n) is 5.35. The van der Waals surface area contributed by atoms with E-state index in [1.807, 2.05) is 26.6 Å². The lowest BCUT2D eigenvalue weighted by Crippen LogP contribution is -2.49. The first-order chi connectivity index (χ1) is 19.9.